The molecule has 0 saturated carbocycles. The topological polar surface area (TPSA) is 12.0 Å². The number of benzene rings is 1. The van der Waals surface area contributed by atoms with Gasteiger partial charge in [0.25, 0.3) is 0 Å². The van der Waals surface area contributed by atoms with Crippen LogP contribution in [0.4, 0.5) is 0 Å². The lowest BCUT2D eigenvalue weighted by Gasteiger charge is -2.24. The van der Waals surface area contributed by atoms with Crippen molar-refractivity contribution >= 4 is 27.5 Å². The third-order valence-electron chi connectivity index (χ3n) is 3.04. The second-order valence-electron chi connectivity index (χ2n) is 4.52. The van der Waals surface area contributed by atoms with E-state index >= 15 is 0 Å². The summed E-state index contributed by atoms with van der Waals surface area (Å²) in [5.74, 6) is 0. The van der Waals surface area contributed by atoms with Crippen LogP contribution in [0.25, 0.3) is 0 Å². The fraction of sp³-hybridized carbons (Fsp3) is 0.500. The van der Waals surface area contributed by atoms with Crippen LogP contribution in [-0.4, -0.2) is 12.1 Å². The number of hydrogen-bond acceptors (Lipinski definition) is 1. The van der Waals surface area contributed by atoms with Crippen LogP contribution in [0.5, 0.6) is 0 Å². The molecule has 0 bridgehead atoms. The van der Waals surface area contributed by atoms with Crippen molar-refractivity contribution in [3.63, 3.8) is 0 Å². The molecule has 1 unspecified atom stereocenters. The van der Waals surface area contributed by atoms with Gasteiger partial charge in [-0.2, -0.15) is 0 Å². The summed E-state index contributed by atoms with van der Waals surface area (Å²) in [6.07, 6.45) is 3.58. The predicted molar refractivity (Wildman–Crippen MR) is 68.5 cm³/mol. The lowest BCUT2D eigenvalue weighted by molar-refractivity contribution is 0.412. The summed E-state index contributed by atoms with van der Waals surface area (Å²) < 4.78 is 0.970. The van der Waals surface area contributed by atoms with Gasteiger partial charge in [-0.3, -0.25) is 0 Å². The Labute approximate surface area is 104 Å². The van der Waals surface area contributed by atoms with E-state index in [0.29, 0.717) is 0 Å². The van der Waals surface area contributed by atoms with Gasteiger partial charge >= 0.3 is 0 Å². The molecule has 1 N–H and O–H groups in total. The molecule has 1 aromatic rings. The highest BCUT2D eigenvalue weighted by atomic mass is 79.9. The summed E-state index contributed by atoms with van der Waals surface area (Å²) in [6, 6.07) is 6.22. The Balaban J connectivity index is 2.13. The van der Waals surface area contributed by atoms with E-state index in [1.54, 1.807) is 0 Å². The van der Waals surface area contributed by atoms with E-state index < -0.39 is 0 Å². The molecule has 1 aliphatic rings. The minimum Gasteiger partial charge on any atom is -0.311 e. The molecule has 0 aliphatic carbocycles. The van der Waals surface area contributed by atoms with Crippen LogP contribution in [0.3, 0.4) is 0 Å². The Kier molecular flexibility index (Phi) is 3.39. The van der Waals surface area contributed by atoms with Gasteiger partial charge in [-0.05, 0) is 66.4 Å². The van der Waals surface area contributed by atoms with Gasteiger partial charge in [-0.25, -0.2) is 0 Å². The first-order chi connectivity index (χ1) is 7.09. The maximum Gasteiger partial charge on any atom is 0.0550 e. The van der Waals surface area contributed by atoms with Crippen molar-refractivity contribution in [2.45, 2.75) is 31.7 Å². The molecule has 82 valence electrons. The molecule has 0 amide bonds. The van der Waals surface area contributed by atoms with Gasteiger partial charge in [-0.1, -0.05) is 17.7 Å². The molecule has 0 aromatic heterocycles. The van der Waals surface area contributed by atoms with Crippen LogP contribution in [0.1, 0.15) is 25.3 Å². The van der Waals surface area contributed by atoms with Crippen LogP contribution < -0.4 is 5.32 Å². The smallest absolute Gasteiger partial charge is 0.0550 e. The second-order valence-corrected chi connectivity index (χ2v) is 5.78. The molecule has 0 spiro atoms. The lowest BCUT2D eigenvalue weighted by atomic mass is 9.91. The molecular formula is C12H15BrClN. The highest BCUT2D eigenvalue weighted by Gasteiger charge is 2.27. The third-order valence-corrected chi connectivity index (χ3v) is 4.27. The van der Waals surface area contributed by atoms with Crippen molar-refractivity contribution in [3.05, 3.63) is 33.3 Å². The summed E-state index contributed by atoms with van der Waals surface area (Å²) in [5.41, 5.74) is 1.57. The van der Waals surface area contributed by atoms with E-state index in [2.05, 4.69) is 40.3 Å². The fourth-order valence-corrected chi connectivity index (χ4v) is 2.66. The molecule has 3 heteroatoms. The largest absolute Gasteiger partial charge is 0.311 e. The van der Waals surface area contributed by atoms with Gasteiger partial charge in [0.15, 0.2) is 0 Å². The molecule has 1 nitrogen and oxygen atoms in total. The van der Waals surface area contributed by atoms with Gasteiger partial charge in [0.2, 0.25) is 0 Å². The summed E-state index contributed by atoms with van der Waals surface area (Å²) in [6.45, 7) is 3.43. The minimum atomic E-state index is 0.261. The maximum atomic E-state index is 6.08. The first-order valence-corrected chi connectivity index (χ1v) is 6.45. The van der Waals surface area contributed by atoms with Gasteiger partial charge in [0.1, 0.15) is 0 Å². The molecule has 1 heterocycles. The van der Waals surface area contributed by atoms with Crippen LogP contribution >= 0.6 is 27.5 Å². The molecule has 1 atom stereocenters. The average molecular weight is 289 g/mol. The SMILES string of the molecule is CC1(Cc2ccc(Br)c(Cl)c2)CCCN1. The first-order valence-electron chi connectivity index (χ1n) is 5.28. The molecular weight excluding hydrogens is 273 g/mol. The zero-order chi connectivity index (χ0) is 10.9. The highest BCUT2D eigenvalue weighted by molar-refractivity contribution is 9.10. The van der Waals surface area contributed by atoms with Gasteiger partial charge in [0, 0.05) is 10.0 Å². The molecule has 15 heavy (non-hydrogen) atoms. The van der Waals surface area contributed by atoms with Crippen LogP contribution in [0, 0.1) is 0 Å². The summed E-state index contributed by atoms with van der Waals surface area (Å²) in [4.78, 5) is 0. The average Bonchev–Trinajstić information content (AvgIpc) is 2.59. The second kappa shape index (κ2) is 4.44. The summed E-state index contributed by atoms with van der Waals surface area (Å²) in [5, 5.41) is 4.36. The zero-order valence-corrected chi connectivity index (χ0v) is 11.2. The lowest BCUT2D eigenvalue weighted by Crippen LogP contribution is -2.38. The molecule has 1 aromatic carbocycles. The van der Waals surface area contributed by atoms with Crippen LogP contribution in [0.2, 0.25) is 5.02 Å². The minimum absolute atomic E-state index is 0.261. The van der Waals surface area contributed by atoms with Gasteiger partial charge in [0.05, 0.1) is 5.02 Å². The van der Waals surface area contributed by atoms with Crippen molar-refractivity contribution in [3.8, 4) is 0 Å². The van der Waals surface area contributed by atoms with E-state index in [9.17, 15) is 0 Å². The predicted octanol–water partition coefficient (Wildman–Crippen LogP) is 3.79. The van der Waals surface area contributed by atoms with Crippen LogP contribution in [0.15, 0.2) is 22.7 Å². The normalized spacial score (nSPS) is 25.8. The van der Waals surface area contributed by atoms with Gasteiger partial charge in [-0.15, -0.1) is 0 Å². The molecule has 1 fully saturated rings. The van der Waals surface area contributed by atoms with E-state index in [1.807, 2.05) is 6.07 Å². The maximum absolute atomic E-state index is 6.08. The van der Waals surface area contributed by atoms with E-state index in [-0.39, 0.29) is 5.54 Å². The number of hydrogen-bond donors (Lipinski definition) is 1. The Morgan fingerprint density at radius 2 is 2.33 bits per heavy atom. The Morgan fingerprint density at radius 3 is 2.93 bits per heavy atom. The monoisotopic (exact) mass is 287 g/mol. The quantitative estimate of drug-likeness (QED) is 0.873. The first kappa shape index (κ1) is 11.4. The van der Waals surface area contributed by atoms with E-state index in [1.165, 1.54) is 18.4 Å². The Bertz CT molecular complexity index is 359. The standard InChI is InChI=1S/C12H15BrClN/c1-12(5-2-6-15-12)8-9-3-4-10(13)11(14)7-9/h3-4,7,15H,2,5-6,8H2,1H3. The van der Waals surface area contributed by atoms with Crippen molar-refractivity contribution in [1.82, 2.24) is 5.32 Å². The van der Waals surface area contributed by atoms with Crippen molar-refractivity contribution in [2.24, 2.45) is 0 Å². The summed E-state index contributed by atoms with van der Waals surface area (Å²) in [7, 11) is 0. The molecule has 2 rings (SSSR count). The number of halogens is 2. The van der Waals surface area contributed by atoms with E-state index in [4.69, 9.17) is 11.6 Å². The van der Waals surface area contributed by atoms with Crippen molar-refractivity contribution in [1.29, 1.82) is 0 Å². The third kappa shape index (κ3) is 2.74. The van der Waals surface area contributed by atoms with Gasteiger partial charge < -0.3 is 5.32 Å². The number of rotatable bonds is 2. The van der Waals surface area contributed by atoms with Crippen LogP contribution in [-0.2, 0) is 6.42 Å². The molecule has 1 aliphatic heterocycles. The van der Waals surface area contributed by atoms with Crippen molar-refractivity contribution < 1.29 is 0 Å². The highest BCUT2D eigenvalue weighted by Crippen LogP contribution is 2.28. The Hall–Kier alpha value is -0.0500. The fourth-order valence-electron chi connectivity index (χ4n) is 2.21. The van der Waals surface area contributed by atoms with E-state index in [0.717, 1.165) is 22.5 Å². The number of nitrogens with one attached hydrogen (secondary N) is 1. The van der Waals surface area contributed by atoms with Crippen molar-refractivity contribution in [2.75, 3.05) is 6.54 Å². The zero-order valence-electron chi connectivity index (χ0n) is 8.82. The summed E-state index contributed by atoms with van der Waals surface area (Å²) >= 11 is 9.49. The molecule has 1 saturated heterocycles. The molecule has 0 radical (unpaired) electrons. The Morgan fingerprint density at radius 1 is 1.53 bits per heavy atom.